The normalized spacial score (nSPS) is 16.5. The van der Waals surface area contributed by atoms with Gasteiger partial charge in [0.15, 0.2) is 0 Å². The minimum atomic E-state index is 0.0232. The van der Waals surface area contributed by atoms with Crippen LogP contribution in [0.4, 0.5) is 5.69 Å². The molecule has 1 unspecified atom stereocenters. The van der Waals surface area contributed by atoms with Gasteiger partial charge in [-0.05, 0) is 25.1 Å². The molecule has 1 aliphatic rings. The molecule has 7 heteroatoms. The van der Waals surface area contributed by atoms with E-state index in [1.165, 1.54) is 0 Å². The highest BCUT2D eigenvalue weighted by molar-refractivity contribution is 6.31. The number of nitrogens with zero attached hydrogens (tertiary/aromatic N) is 4. The highest BCUT2D eigenvalue weighted by Crippen LogP contribution is 2.35. The number of aromatic nitrogens is 2. The van der Waals surface area contributed by atoms with Crippen LogP contribution in [0.2, 0.25) is 5.02 Å². The maximum absolute atomic E-state index is 12.6. The molecule has 1 amide bonds. The SMILES string of the molecule is CC1CN(CC(=O)N(C)Cc2cnn(C)c2)c2cc(Cl)ccc2O1. The van der Waals surface area contributed by atoms with E-state index in [-0.39, 0.29) is 18.6 Å². The van der Waals surface area contributed by atoms with Crippen LogP contribution in [-0.2, 0) is 18.4 Å². The molecule has 0 spiro atoms. The zero-order valence-electron chi connectivity index (χ0n) is 14.1. The fraction of sp³-hybridized carbons (Fsp3) is 0.412. The first kappa shape index (κ1) is 16.6. The van der Waals surface area contributed by atoms with E-state index < -0.39 is 0 Å². The molecule has 0 fully saturated rings. The maximum Gasteiger partial charge on any atom is 0.242 e. The molecule has 0 aliphatic carbocycles. The Morgan fingerprint density at radius 3 is 3.00 bits per heavy atom. The molecule has 1 atom stereocenters. The third kappa shape index (κ3) is 3.64. The fourth-order valence-corrected chi connectivity index (χ4v) is 3.02. The Labute approximate surface area is 146 Å². The Morgan fingerprint density at radius 2 is 2.29 bits per heavy atom. The number of carbonyl (C=O) groups excluding carboxylic acids is 1. The average Bonchev–Trinajstić information content (AvgIpc) is 2.93. The number of ether oxygens (including phenoxy) is 1. The van der Waals surface area contributed by atoms with Crippen LogP contribution in [0.25, 0.3) is 0 Å². The summed E-state index contributed by atoms with van der Waals surface area (Å²) < 4.78 is 7.55. The van der Waals surface area contributed by atoms with E-state index in [1.54, 1.807) is 28.9 Å². The molecule has 1 aromatic carbocycles. The molecule has 3 rings (SSSR count). The quantitative estimate of drug-likeness (QED) is 0.851. The van der Waals surface area contributed by atoms with Gasteiger partial charge in [-0.2, -0.15) is 5.10 Å². The molecule has 0 saturated carbocycles. The summed E-state index contributed by atoms with van der Waals surface area (Å²) in [6, 6.07) is 5.49. The maximum atomic E-state index is 12.6. The van der Waals surface area contributed by atoms with E-state index in [9.17, 15) is 4.79 Å². The Hall–Kier alpha value is -2.21. The van der Waals surface area contributed by atoms with Crippen molar-refractivity contribution in [3.8, 4) is 5.75 Å². The van der Waals surface area contributed by atoms with Crippen LogP contribution in [-0.4, -0.2) is 46.8 Å². The fourth-order valence-electron chi connectivity index (χ4n) is 2.85. The van der Waals surface area contributed by atoms with Crippen LogP contribution >= 0.6 is 11.6 Å². The monoisotopic (exact) mass is 348 g/mol. The number of aryl methyl sites for hydroxylation is 1. The summed E-state index contributed by atoms with van der Waals surface area (Å²) in [4.78, 5) is 16.3. The van der Waals surface area contributed by atoms with Crippen LogP contribution in [0.1, 0.15) is 12.5 Å². The standard InChI is InChI=1S/C17H21ClN4O2/c1-12-8-22(15-6-14(18)4-5-16(15)24-12)11-17(23)20(2)9-13-7-19-21(3)10-13/h4-7,10,12H,8-9,11H2,1-3H3. The van der Waals surface area contributed by atoms with Gasteiger partial charge in [-0.3, -0.25) is 9.48 Å². The van der Waals surface area contributed by atoms with Crippen LogP contribution in [0.3, 0.4) is 0 Å². The summed E-state index contributed by atoms with van der Waals surface area (Å²) in [5.41, 5.74) is 1.87. The summed E-state index contributed by atoms with van der Waals surface area (Å²) >= 11 is 6.10. The van der Waals surface area contributed by atoms with Gasteiger partial charge in [-0.15, -0.1) is 0 Å². The van der Waals surface area contributed by atoms with Gasteiger partial charge in [0, 0.05) is 37.4 Å². The van der Waals surface area contributed by atoms with Gasteiger partial charge in [-0.1, -0.05) is 11.6 Å². The summed E-state index contributed by atoms with van der Waals surface area (Å²) in [5, 5.41) is 4.76. The third-order valence-electron chi connectivity index (χ3n) is 4.00. The number of hydrogen-bond donors (Lipinski definition) is 0. The molecule has 2 heterocycles. The molecule has 0 saturated heterocycles. The summed E-state index contributed by atoms with van der Waals surface area (Å²) in [6.07, 6.45) is 3.71. The number of hydrogen-bond acceptors (Lipinski definition) is 4. The lowest BCUT2D eigenvalue weighted by atomic mass is 10.2. The van der Waals surface area contributed by atoms with Gasteiger partial charge in [0.05, 0.1) is 25.0 Å². The van der Waals surface area contributed by atoms with E-state index in [4.69, 9.17) is 16.3 Å². The molecular weight excluding hydrogens is 328 g/mol. The Morgan fingerprint density at radius 1 is 1.50 bits per heavy atom. The van der Waals surface area contributed by atoms with Gasteiger partial charge >= 0.3 is 0 Å². The number of benzene rings is 1. The van der Waals surface area contributed by atoms with E-state index in [0.717, 1.165) is 17.0 Å². The van der Waals surface area contributed by atoms with Crippen molar-refractivity contribution >= 4 is 23.2 Å². The van der Waals surface area contributed by atoms with E-state index in [1.807, 2.05) is 37.2 Å². The van der Waals surface area contributed by atoms with Crippen molar-refractivity contribution in [1.29, 1.82) is 0 Å². The number of carbonyl (C=O) groups is 1. The van der Waals surface area contributed by atoms with Crippen molar-refractivity contribution < 1.29 is 9.53 Å². The van der Waals surface area contributed by atoms with Crippen molar-refractivity contribution in [1.82, 2.24) is 14.7 Å². The molecule has 0 bridgehead atoms. The zero-order valence-corrected chi connectivity index (χ0v) is 14.8. The summed E-state index contributed by atoms with van der Waals surface area (Å²) in [6.45, 7) is 3.47. The lowest BCUT2D eigenvalue weighted by Gasteiger charge is -2.35. The molecule has 6 nitrogen and oxygen atoms in total. The van der Waals surface area contributed by atoms with E-state index in [2.05, 4.69) is 5.10 Å². The molecular formula is C17H21ClN4O2. The van der Waals surface area contributed by atoms with Gasteiger partial charge < -0.3 is 14.5 Å². The largest absolute Gasteiger partial charge is 0.487 e. The first-order chi connectivity index (χ1) is 11.4. The minimum Gasteiger partial charge on any atom is -0.487 e. The Bertz CT molecular complexity index is 746. The van der Waals surface area contributed by atoms with Crippen molar-refractivity contribution in [2.45, 2.75) is 19.6 Å². The zero-order chi connectivity index (χ0) is 17.3. The predicted molar refractivity (Wildman–Crippen MR) is 93.4 cm³/mol. The van der Waals surface area contributed by atoms with Gasteiger partial charge in [-0.25, -0.2) is 0 Å². The second-order valence-electron chi connectivity index (χ2n) is 6.19. The minimum absolute atomic E-state index is 0.0232. The first-order valence-corrected chi connectivity index (χ1v) is 8.23. The molecule has 24 heavy (non-hydrogen) atoms. The van der Waals surface area contributed by atoms with E-state index >= 15 is 0 Å². The number of fused-ring (bicyclic) bond motifs is 1. The van der Waals surface area contributed by atoms with Crippen LogP contribution in [0.15, 0.2) is 30.6 Å². The average molecular weight is 349 g/mol. The van der Waals surface area contributed by atoms with Gasteiger partial charge in [0.1, 0.15) is 11.9 Å². The predicted octanol–water partition coefficient (Wildman–Crippen LogP) is 2.32. The Kier molecular flexibility index (Phi) is 4.66. The summed E-state index contributed by atoms with van der Waals surface area (Å²) in [7, 11) is 3.67. The number of likely N-dealkylation sites (N-methyl/N-ethyl adjacent to an activating group) is 1. The van der Waals surface area contributed by atoms with Crippen LogP contribution in [0, 0.1) is 0 Å². The number of amides is 1. The lowest BCUT2D eigenvalue weighted by Crippen LogP contribution is -2.44. The molecule has 1 aromatic heterocycles. The highest BCUT2D eigenvalue weighted by atomic mass is 35.5. The second-order valence-corrected chi connectivity index (χ2v) is 6.63. The molecule has 1 aliphatic heterocycles. The molecule has 2 aromatic rings. The number of anilines is 1. The first-order valence-electron chi connectivity index (χ1n) is 7.85. The van der Waals surface area contributed by atoms with Gasteiger partial charge in [0.2, 0.25) is 5.91 Å². The van der Waals surface area contributed by atoms with Crippen molar-refractivity contribution in [2.75, 3.05) is 25.0 Å². The molecule has 0 radical (unpaired) electrons. The van der Waals surface area contributed by atoms with E-state index in [0.29, 0.717) is 18.1 Å². The van der Waals surface area contributed by atoms with Crippen molar-refractivity contribution in [3.63, 3.8) is 0 Å². The molecule has 128 valence electrons. The number of halogens is 1. The molecule has 0 N–H and O–H groups in total. The van der Waals surface area contributed by atoms with Crippen LogP contribution < -0.4 is 9.64 Å². The van der Waals surface area contributed by atoms with Gasteiger partial charge in [0.25, 0.3) is 0 Å². The van der Waals surface area contributed by atoms with Crippen molar-refractivity contribution in [2.24, 2.45) is 7.05 Å². The Balaban J connectivity index is 1.71. The highest BCUT2D eigenvalue weighted by Gasteiger charge is 2.25. The second kappa shape index (κ2) is 6.73. The van der Waals surface area contributed by atoms with Crippen molar-refractivity contribution in [3.05, 3.63) is 41.2 Å². The topological polar surface area (TPSA) is 50.6 Å². The summed E-state index contributed by atoms with van der Waals surface area (Å²) in [5.74, 6) is 0.805. The third-order valence-corrected chi connectivity index (χ3v) is 4.23. The lowest BCUT2D eigenvalue weighted by molar-refractivity contribution is -0.129. The smallest absolute Gasteiger partial charge is 0.242 e. The number of rotatable bonds is 4. The van der Waals surface area contributed by atoms with Crippen LogP contribution in [0.5, 0.6) is 5.75 Å².